The molecule has 0 amide bonds. The molecule has 2 nitrogen and oxygen atoms in total. The Morgan fingerprint density at radius 1 is 1.12 bits per heavy atom. The topological polar surface area (TPSA) is 52.0 Å². The van der Waals surface area contributed by atoms with Gasteiger partial charge in [0.05, 0.1) is 10.0 Å². The van der Waals surface area contributed by atoms with E-state index in [9.17, 15) is 0 Å². The Morgan fingerprint density at radius 2 is 1.76 bits per heavy atom. The van der Waals surface area contributed by atoms with Gasteiger partial charge in [0, 0.05) is 11.1 Å². The Bertz CT molecular complexity index is 358. The second-order valence-electron chi connectivity index (χ2n) is 3.68. The van der Waals surface area contributed by atoms with Gasteiger partial charge in [0.25, 0.3) is 0 Å². The lowest BCUT2D eigenvalue weighted by atomic mass is 10.0. The van der Waals surface area contributed by atoms with Crippen LogP contribution in [0.1, 0.15) is 30.9 Å². The number of halogens is 4. The molecule has 0 fully saturated rings. The molecule has 0 saturated heterocycles. The van der Waals surface area contributed by atoms with Crippen molar-refractivity contribution >= 4 is 47.2 Å². The molecule has 0 bridgehead atoms. The first-order valence-electron chi connectivity index (χ1n) is 5.16. The maximum Gasteiger partial charge on any atom is 0.0641 e. The van der Waals surface area contributed by atoms with E-state index in [-0.39, 0.29) is 18.4 Å². The number of unbranched alkanes of at least 4 members (excludes halogenated alkanes) is 1. The van der Waals surface area contributed by atoms with Crippen LogP contribution >= 0.6 is 47.2 Å². The van der Waals surface area contributed by atoms with Gasteiger partial charge in [-0.05, 0) is 37.1 Å². The lowest BCUT2D eigenvalue weighted by molar-refractivity contribution is 0.591. The van der Waals surface area contributed by atoms with E-state index in [0.29, 0.717) is 21.6 Å². The van der Waals surface area contributed by atoms with Gasteiger partial charge in [0.15, 0.2) is 0 Å². The molecule has 1 atom stereocenters. The highest BCUT2D eigenvalue weighted by Gasteiger charge is 2.13. The zero-order valence-electron chi connectivity index (χ0n) is 9.26. The monoisotopic (exact) mass is 316 g/mol. The van der Waals surface area contributed by atoms with Crippen molar-refractivity contribution in [3.63, 3.8) is 0 Å². The Labute approximate surface area is 123 Å². The molecule has 0 aliphatic carbocycles. The van der Waals surface area contributed by atoms with Crippen LogP contribution in [0, 0.1) is 0 Å². The lowest BCUT2D eigenvalue weighted by Crippen LogP contribution is -2.11. The van der Waals surface area contributed by atoms with Crippen molar-refractivity contribution in [2.75, 3.05) is 6.54 Å². The van der Waals surface area contributed by atoms with Gasteiger partial charge in [-0.2, -0.15) is 0 Å². The third-order valence-electron chi connectivity index (χ3n) is 2.39. The fourth-order valence-corrected chi connectivity index (χ4v) is 2.27. The Hall–Kier alpha value is 0.300. The van der Waals surface area contributed by atoms with Crippen molar-refractivity contribution in [1.29, 1.82) is 0 Å². The molecular formula is C11H16Cl4N2. The highest BCUT2D eigenvalue weighted by atomic mass is 35.5. The van der Waals surface area contributed by atoms with Gasteiger partial charge in [-0.1, -0.05) is 41.2 Å². The van der Waals surface area contributed by atoms with Crippen LogP contribution in [0.25, 0.3) is 0 Å². The minimum Gasteiger partial charge on any atom is -0.330 e. The minimum atomic E-state index is -0.143. The van der Waals surface area contributed by atoms with Crippen molar-refractivity contribution in [2.45, 2.75) is 25.3 Å². The van der Waals surface area contributed by atoms with Crippen LogP contribution in [0.3, 0.4) is 0 Å². The molecule has 6 heteroatoms. The van der Waals surface area contributed by atoms with E-state index in [0.717, 1.165) is 24.8 Å². The molecule has 0 radical (unpaired) electrons. The van der Waals surface area contributed by atoms with E-state index in [1.54, 1.807) is 12.1 Å². The maximum atomic E-state index is 6.08. The van der Waals surface area contributed by atoms with E-state index in [2.05, 4.69) is 0 Å². The molecule has 1 aromatic rings. The lowest BCUT2D eigenvalue weighted by Gasteiger charge is -2.14. The van der Waals surface area contributed by atoms with Gasteiger partial charge >= 0.3 is 0 Å². The summed E-state index contributed by atoms with van der Waals surface area (Å²) in [5.41, 5.74) is 12.3. The van der Waals surface area contributed by atoms with E-state index in [4.69, 9.17) is 46.3 Å². The zero-order valence-corrected chi connectivity index (χ0v) is 12.3. The Balaban J connectivity index is 0.00000256. The summed E-state index contributed by atoms with van der Waals surface area (Å²) in [5.74, 6) is 0. The van der Waals surface area contributed by atoms with E-state index in [1.807, 2.05) is 0 Å². The van der Waals surface area contributed by atoms with Gasteiger partial charge in [0.2, 0.25) is 0 Å². The second-order valence-corrected chi connectivity index (χ2v) is 4.90. The molecule has 0 heterocycles. The predicted molar refractivity (Wildman–Crippen MR) is 78.6 cm³/mol. The molecule has 98 valence electrons. The zero-order chi connectivity index (χ0) is 12.1. The number of rotatable bonds is 5. The quantitative estimate of drug-likeness (QED) is 0.631. The summed E-state index contributed by atoms with van der Waals surface area (Å²) in [7, 11) is 0. The molecule has 1 rings (SSSR count). The first-order chi connectivity index (χ1) is 7.56. The van der Waals surface area contributed by atoms with Crippen LogP contribution in [0.15, 0.2) is 12.1 Å². The van der Waals surface area contributed by atoms with E-state index >= 15 is 0 Å². The second kappa shape index (κ2) is 8.41. The third-order valence-corrected chi connectivity index (χ3v) is 3.42. The number of nitrogens with two attached hydrogens (primary N) is 2. The average molecular weight is 318 g/mol. The summed E-state index contributed by atoms with van der Waals surface area (Å²) >= 11 is 17.9. The van der Waals surface area contributed by atoms with Crippen LogP contribution in [-0.4, -0.2) is 6.54 Å². The van der Waals surface area contributed by atoms with Crippen molar-refractivity contribution in [3.05, 3.63) is 32.8 Å². The van der Waals surface area contributed by atoms with Crippen LogP contribution in [-0.2, 0) is 0 Å². The molecule has 0 aliphatic rings. The standard InChI is InChI=1S/C11H15Cl3N2.ClH/c12-7-5-8(11(14)9(13)6-7)10(16)3-1-2-4-15;/h5-6,10H,1-4,15-16H2;1H/t10-;/m0./s1. The molecule has 1 aromatic carbocycles. The van der Waals surface area contributed by atoms with Gasteiger partial charge < -0.3 is 11.5 Å². The van der Waals surface area contributed by atoms with Gasteiger partial charge in [0.1, 0.15) is 0 Å². The molecule has 0 unspecified atom stereocenters. The molecule has 0 aromatic heterocycles. The molecule has 0 saturated carbocycles. The van der Waals surface area contributed by atoms with Crippen LogP contribution in [0.4, 0.5) is 0 Å². The first kappa shape index (κ1) is 17.3. The number of hydrogen-bond donors (Lipinski definition) is 2. The van der Waals surface area contributed by atoms with Crippen LogP contribution < -0.4 is 11.5 Å². The summed E-state index contributed by atoms with van der Waals surface area (Å²) in [6.45, 7) is 0.677. The number of benzene rings is 1. The molecule has 0 spiro atoms. The predicted octanol–water partition coefficient (Wildman–Crippen LogP) is 4.20. The summed E-state index contributed by atoms with van der Waals surface area (Å²) in [6, 6.07) is 3.24. The van der Waals surface area contributed by atoms with Crippen molar-refractivity contribution in [1.82, 2.24) is 0 Å². The summed E-state index contributed by atoms with van der Waals surface area (Å²) in [5, 5.41) is 1.49. The minimum absolute atomic E-state index is 0. The molecule has 4 N–H and O–H groups in total. The van der Waals surface area contributed by atoms with Crippen LogP contribution in [0.5, 0.6) is 0 Å². The Kier molecular flexibility index (Phi) is 8.56. The smallest absolute Gasteiger partial charge is 0.0641 e. The van der Waals surface area contributed by atoms with E-state index in [1.165, 1.54) is 0 Å². The highest BCUT2D eigenvalue weighted by Crippen LogP contribution is 2.34. The number of hydrogen-bond acceptors (Lipinski definition) is 2. The third kappa shape index (κ3) is 5.21. The SMILES string of the molecule is Cl.NCCCC[C@H](N)c1cc(Cl)cc(Cl)c1Cl. The normalized spacial score (nSPS) is 12.1. The van der Waals surface area contributed by atoms with Crippen LogP contribution in [0.2, 0.25) is 15.1 Å². The highest BCUT2D eigenvalue weighted by molar-refractivity contribution is 6.43. The van der Waals surface area contributed by atoms with Crippen molar-refractivity contribution < 1.29 is 0 Å². The van der Waals surface area contributed by atoms with Gasteiger partial charge in [-0.15, -0.1) is 12.4 Å². The summed E-state index contributed by atoms with van der Waals surface area (Å²) in [6.07, 6.45) is 2.76. The Morgan fingerprint density at radius 3 is 2.35 bits per heavy atom. The van der Waals surface area contributed by atoms with Crippen molar-refractivity contribution in [2.24, 2.45) is 11.5 Å². The fourth-order valence-electron chi connectivity index (χ4n) is 1.51. The fraction of sp³-hybridized carbons (Fsp3) is 0.455. The van der Waals surface area contributed by atoms with Crippen molar-refractivity contribution in [3.8, 4) is 0 Å². The van der Waals surface area contributed by atoms with Gasteiger partial charge in [-0.3, -0.25) is 0 Å². The first-order valence-corrected chi connectivity index (χ1v) is 6.29. The van der Waals surface area contributed by atoms with E-state index < -0.39 is 0 Å². The summed E-state index contributed by atoms with van der Waals surface area (Å²) < 4.78 is 0. The maximum absolute atomic E-state index is 6.08. The molecule has 0 aliphatic heterocycles. The average Bonchev–Trinajstić information content (AvgIpc) is 2.23. The van der Waals surface area contributed by atoms with Gasteiger partial charge in [-0.25, -0.2) is 0 Å². The summed E-state index contributed by atoms with van der Waals surface area (Å²) in [4.78, 5) is 0. The largest absolute Gasteiger partial charge is 0.330 e. The molecule has 17 heavy (non-hydrogen) atoms. The molecular weight excluding hydrogens is 302 g/mol.